The minimum atomic E-state index is 0.473. The van der Waals surface area contributed by atoms with Crippen LogP contribution in [0.5, 0.6) is 0 Å². The Balaban J connectivity index is 2.03. The highest BCUT2D eigenvalue weighted by Gasteiger charge is 2.20. The van der Waals surface area contributed by atoms with Crippen molar-refractivity contribution in [3.05, 3.63) is 11.9 Å². The number of imidazole rings is 1. The molecule has 1 N–H and O–H groups in total. The number of aromatic nitrogens is 2. The average Bonchev–Trinajstić information content (AvgIpc) is 2.63. The highest BCUT2D eigenvalue weighted by Crippen LogP contribution is 2.26. The third kappa shape index (κ3) is 3.02. The molecule has 3 nitrogen and oxygen atoms in total. The molecule has 1 aromatic rings. The highest BCUT2D eigenvalue weighted by molar-refractivity contribution is 5.31. The first kappa shape index (κ1) is 12.5. The Morgan fingerprint density at radius 3 is 2.53 bits per heavy atom. The van der Waals surface area contributed by atoms with Crippen molar-refractivity contribution in [1.82, 2.24) is 9.55 Å². The van der Waals surface area contributed by atoms with Gasteiger partial charge in [-0.05, 0) is 52.4 Å². The van der Waals surface area contributed by atoms with Gasteiger partial charge in [0.15, 0.2) is 0 Å². The van der Waals surface area contributed by atoms with Crippen LogP contribution in [0.25, 0.3) is 0 Å². The lowest BCUT2D eigenvalue weighted by Gasteiger charge is -2.27. The predicted octanol–water partition coefficient (Wildman–Crippen LogP) is 3.76. The molecule has 1 aliphatic rings. The summed E-state index contributed by atoms with van der Waals surface area (Å²) in [7, 11) is 0. The second-order valence-electron chi connectivity index (χ2n) is 5.81. The Bertz CT molecular complexity index is 360. The molecular weight excluding hydrogens is 210 g/mol. The lowest BCUT2D eigenvalue weighted by atomic mass is 9.87. The van der Waals surface area contributed by atoms with Crippen LogP contribution < -0.4 is 5.32 Å². The first-order chi connectivity index (χ1) is 8.06. The van der Waals surface area contributed by atoms with E-state index in [4.69, 9.17) is 0 Å². The normalized spacial score (nSPS) is 25.2. The minimum Gasteiger partial charge on any atom is -0.353 e. The summed E-state index contributed by atoms with van der Waals surface area (Å²) in [5, 5.41) is 3.62. The van der Waals surface area contributed by atoms with E-state index in [1.54, 1.807) is 0 Å². The predicted molar refractivity (Wildman–Crippen MR) is 72.4 cm³/mol. The van der Waals surface area contributed by atoms with Crippen molar-refractivity contribution in [1.29, 1.82) is 0 Å². The number of nitrogens with one attached hydrogen (secondary N) is 1. The van der Waals surface area contributed by atoms with Gasteiger partial charge in [0.05, 0.1) is 5.69 Å². The fourth-order valence-corrected chi connectivity index (χ4v) is 2.60. The summed E-state index contributed by atoms with van der Waals surface area (Å²) < 4.78 is 2.24. The van der Waals surface area contributed by atoms with Crippen molar-refractivity contribution >= 4 is 5.95 Å². The van der Waals surface area contributed by atoms with Gasteiger partial charge < -0.3 is 9.88 Å². The maximum Gasteiger partial charge on any atom is 0.203 e. The fourth-order valence-electron chi connectivity index (χ4n) is 2.60. The van der Waals surface area contributed by atoms with Crippen LogP contribution in [0.2, 0.25) is 0 Å². The molecule has 0 bridgehead atoms. The first-order valence-corrected chi connectivity index (χ1v) is 6.88. The Kier molecular flexibility index (Phi) is 3.75. The van der Waals surface area contributed by atoms with Gasteiger partial charge in [0.1, 0.15) is 0 Å². The molecule has 0 atom stereocenters. The molecule has 0 saturated heterocycles. The standard InChI is InChI=1S/C14H25N3/c1-10(2)17-9-12(4)15-14(17)16-13-7-5-11(3)6-8-13/h9-11,13H,5-8H2,1-4H3,(H,15,16). The molecule has 96 valence electrons. The molecule has 0 amide bonds. The summed E-state index contributed by atoms with van der Waals surface area (Å²) in [5.41, 5.74) is 1.10. The molecule has 0 spiro atoms. The molecule has 1 aliphatic carbocycles. The van der Waals surface area contributed by atoms with E-state index < -0.39 is 0 Å². The molecule has 1 saturated carbocycles. The van der Waals surface area contributed by atoms with Gasteiger partial charge >= 0.3 is 0 Å². The molecule has 0 radical (unpaired) electrons. The van der Waals surface area contributed by atoms with E-state index in [2.05, 4.69) is 48.8 Å². The van der Waals surface area contributed by atoms with E-state index in [1.165, 1.54) is 25.7 Å². The largest absolute Gasteiger partial charge is 0.353 e. The van der Waals surface area contributed by atoms with Crippen molar-refractivity contribution < 1.29 is 0 Å². The second kappa shape index (κ2) is 5.11. The Morgan fingerprint density at radius 1 is 1.29 bits per heavy atom. The summed E-state index contributed by atoms with van der Waals surface area (Å²) in [5.74, 6) is 1.96. The molecule has 0 unspecified atom stereocenters. The summed E-state index contributed by atoms with van der Waals surface area (Å²) >= 11 is 0. The number of rotatable bonds is 3. The van der Waals surface area contributed by atoms with E-state index in [0.29, 0.717) is 12.1 Å². The minimum absolute atomic E-state index is 0.473. The Labute approximate surface area is 105 Å². The van der Waals surface area contributed by atoms with Gasteiger partial charge in [-0.25, -0.2) is 4.98 Å². The van der Waals surface area contributed by atoms with Crippen molar-refractivity contribution in [3.8, 4) is 0 Å². The molecule has 0 aliphatic heterocycles. The van der Waals surface area contributed by atoms with Crippen molar-refractivity contribution in [2.24, 2.45) is 5.92 Å². The van der Waals surface area contributed by atoms with Crippen molar-refractivity contribution in [2.75, 3.05) is 5.32 Å². The zero-order valence-corrected chi connectivity index (χ0v) is 11.5. The van der Waals surface area contributed by atoms with Crippen LogP contribution in [0.4, 0.5) is 5.95 Å². The van der Waals surface area contributed by atoms with Gasteiger partial charge in [-0.2, -0.15) is 0 Å². The van der Waals surface area contributed by atoms with Gasteiger partial charge in [0.25, 0.3) is 0 Å². The molecule has 1 aromatic heterocycles. The van der Waals surface area contributed by atoms with E-state index in [-0.39, 0.29) is 0 Å². The third-order valence-corrected chi connectivity index (χ3v) is 3.76. The van der Waals surface area contributed by atoms with Crippen LogP contribution in [0.1, 0.15) is 58.2 Å². The zero-order chi connectivity index (χ0) is 12.4. The van der Waals surface area contributed by atoms with Crippen molar-refractivity contribution in [3.63, 3.8) is 0 Å². The lowest BCUT2D eigenvalue weighted by Crippen LogP contribution is -2.27. The molecule has 2 rings (SSSR count). The molecule has 17 heavy (non-hydrogen) atoms. The molecular formula is C14H25N3. The molecule has 3 heteroatoms. The summed E-state index contributed by atoms with van der Waals surface area (Å²) in [6.07, 6.45) is 7.40. The average molecular weight is 235 g/mol. The number of aryl methyl sites for hydroxylation is 1. The Hall–Kier alpha value is -0.990. The monoisotopic (exact) mass is 235 g/mol. The van der Waals surface area contributed by atoms with E-state index in [0.717, 1.165) is 17.6 Å². The topological polar surface area (TPSA) is 29.9 Å². The molecule has 1 fully saturated rings. The summed E-state index contributed by atoms with van der Waals surface area (Å²) in [6.45, 7) is 8.83. The van der Waals surface area contributed by atoms with E-state index in [9.17, 15) is 0 Å². The van der Waals surface area contributed by atoms with Crippen LogP contribution in [0.3, 0.4) is 0 Å². The smallest absolute Gasteiger partial charge is 0.203 e. The van der Waals surface area contributed by atoms with E-state index >= 15 is 0 Å². The Morgan fingerprint density at radius 2 is 1.94 bits per heavy atom. The second-order valence-corrected chi connectivity index (χ2v) is 5.81. The lowest BCUT2D eigenvalue weighted by molar-refractivity contribution is 0.359. The number of hydrogen-bond acceptors (Lipinski definition) is 2. The molecule has 0 aromatic carbocycles. The van der Waals surface area contributed by atoms with E-state index in [1.807, 2.05) is 0 Å². The maximum atomic E-state index is 4.60. The first-order valence-electron chi connectivity index (χ1n) is 6.88. The van der Waals surface area contributed by atoms with Crippen LogP contribution in [-0.4, -0.2) is 15.6 Å². The van der Waals surface area contributed by atoms with Gasteiger partial charge in [-0.3, -0.25) is 0 Å². The quantitative estimate of drug-likeness (QED) is 0.864. The molecule has 1 heterocycles. The third-order valence-electron chi connectivity index (χ3n) is 3.76. The van der Waals surface area contributed by atoms with Gasteiger partial charge in [-0.15, -0.1) is 0 Å². The van der Waals surface area contributed by atoms with Crippen LogP contribution in [0.15, 0.2) is 6.20 Å². The van der Waals surface area contributed by atoms with Crippen molar-refractivity contribution in [2.45, 2.75) is 65.5 Å². The summed E-state index contributed by atoms with van der Waals surface area (Å²) in [4.78, 5) is 4.60. The van der Waals surface area contributed by atoms with Crippen LogP contribution >= 0.6 is 0 Å². The zero-order valence-electron chi connectivity index (χ0n) is 11.5. The van der Waals surface area contributed by atoms with Gasteiger partial charge in [0, 0.05) is 18.3 Å². The van der Waals surface area contributed by atoms with Gasteiger partial charge in [-0.1, -0.05) is 6.92 Å². The highest BCUT2D eigenvalue weighted by atomic mass is 15.2. The maximum absolute atomic E-state index is 4.60. The van der Waals surface area contributed by atoms with Crippen LogP contribution in [-0.2, 0) is 0 Å². The number of anilines is 1. The summed E-state index contributed by atoms with van der Waals surface area (Å²) in [6, 6.07) is 1.09. The van der Waals surface area contributed by atoms with Gasteiger partial charge in [0.2, 0.25) is 5.95 Å². The van der Waals surface area contributed by atoms with Crippen LogP contribution in [0, 0.1) is 12.8 Å². The number of hydrogen-bond donors (Lipinski definition) is 1. The fraction of sp³-hybridized carbons (Fsp3) is 0.786. The number of nitrogens with zero attached hydrogens (tertiary/aromatic N) is 2. The SMILES string of the molecule is Cc1cn(C(C)C)c(NC2CCC(C)CC2)n1.